The van der Waals surface area contributed by atoms with Crippen LogP contribution >= 0.6 is 0 Å². The second-order valence-corrected chi connectivity index (χ2v) is 4.11. The zero-order valence-corrected chi connectivity index (χ0v) is 8.78. The SMILES string of the molecule is CC1=NCCC(C2CCOCC2)C=N1. The second kappa shape index (κ2) is 4.69. The molecule has 0 bridgehead atoms. The fraction of sp³-hybridized carbons (Fsp3) is 0.818. The van der Waals surface area contributed by atoms with E-state index in [1.165, 1.54) is 12.8 Å². The lowest BCUT2D eigenvalue weighted by Crippen LogP contribution is -2.24. The molecule has 2 heterocycles. The molecule has 2 aliphatic heterocycles. The van der Waals surface area contributed by atoms with Gasteiger partial charge in [0.2, 0.25) is 0 Å². The molecule has 0 amide bonds. The Morgan fingerprint density at radius 3 is 2.86 bits per heavy atom. The molecule has 0 aromatic heterocycles. The molecule has 2 aliphatic rings. The Morgan fingerprint density at radius 2 is 2.07 bits per heavy atom. The third kappa shape index (κ3) is 2.41. The molecule has 0 aliphatic carbocycles. The molecule has 0 spiro atoms. The van der Waals surface area contributed by atoms with Crippen molar-refractivity contribution in [3.8, 4) is 0 Å². The average molecular weight is 194 g/mol. The molecule has 0 N–H and O–H groups in total. The standard InChI is InChI=1S/C11H18N2O/c1-9-12-5-2-11(8-13-9)10-3-6-14-7-4-10/h8,10-11H,2-7H2,1H3. The Labute approximate surface area is 85.3 Å². The fourth-order valence-corrected chi connectivity index (χ4v) is 2.20. The lowest BCUT2D eigenvalue weighted by molar-refractivity contribution is 0.0561. The normalized spacial score (nSPS) is 29.8. The number of rotatable bonds is 1. The van der Waals surface area contributed by atoms with Crippen molar-refractivity contribution in [3.05, 3.63) is 0 Å². The molecule has 2 rings (SSSR count). The van der Waals surface area contributed by atoms with E-state index >= 15 is 0 Å². The topological polar surface area (TPSA) is 34.0 Å². The molecule has 1 atom stereocenters. The van der Waals surface area contributed by atoms with Crippen molar-refractivity contribution in [1.82, 2.24) is 0 Å². The molecule has 1 saturated heterocycles. The van der Waals surface area contributed by atoms with E-state index in [1.807, 2.05) is 6.92 Å². The van der Waals surface area contributed by atoms with Crippen LogP contribution in [0.25, 0.3) is 0 Å². The number of amidine groups is 1. The first kappa shape index (κ1) is 9.84. The van der Waals surface area contributed by atoms with Gasteiger partial charge in [-0.25, -0.2) is 4.99 Å². The number of aliphatic imine (C=N–C) groups is 2. The molecule has 0 aromatic carbocycles. The van der Waals surface area contributed by atoms with Gasteiger partial charge in [0, 0.05) is 26.0 Å². The molecule has 78 valence electrons. The monoisotopic (exact) mass is 194 g/mol. The van der Waals surface area contributed by atoms with E-state index in [4.69, 9.17) is 4.74 Å². The van der Waals surface area contributed by atoms with Gasteiger partial charge in [-0.15, -0.1) is 0 Å². The first-order valence-corrected chi connectivity index (χ1v) is 5.49. The van der Waals surface area contributed by atoms with Gasteiger partial charge in [0.15, 0.2) is 0 Å². The molecular formula is C11H18N2O. The molecule has 3 heteroatoms. The maximum Gasteiger partial charge on any atom is 0.119 e. The van der Waals surface area contributed by atoms with Crippen LogP contribution in [0.4, 0.5) is 0 Å². The van der Waals surface area contributed by atoms with E-state index in [2.05, 4.69) is 16.2 Å². The van der Waals surface area contributed by atoms with Crippen LogP contribution in [-0.4, -0.2) is 31.8 Å². The van der Waals surface area contributed by atoms with E-state index in [0.29, 0.717) is 5.92 Å². The van der Waals surface area contributed by atoms with Gasteiger partial charge in [-0.2, -0.15) is 0 Å². The molecule has 0 aromatic rings. The predicted octanol–water partition coefficient (Wildman–Crippen LogP) is 1.92. The van der Waals surface area contributed by atoms with Crippen LogP contribution in [0.3, 0.4) is 0 Å². The Kier molecular flexibility index (Phi) is 3.30. The van der Waals surface area contributed by atoms with Crippen LogP contribution in [-0.2, 0) is 4.74 Å². The lowest BCUT2D eigenvalue weighted by atomic mass is 9.85. The summed E-state index contributed by atoms with van der Waals surface area (Å²) in [6.45, 7) is 4.76. The smallest absolute Gasteiger partial charge is 0.119 e. The summed E-state index contributed by atoms with van der Waals surface area (Å²) in [6, 6.07) is 0. The van der Waals surface area contributed by atoms with E-state index in [-0.39, 0.29) is 0 Å². The Morgan fingerprint density at radius 1 is 1.29 bits per heavy atom. The van der Waals surface area contributed by atoms with Gasteiger partial charge in [0.25, 0.3) is 0 Å². The molecule has 3 nitrogen and oxygen atoms in total. The Bertz CT molecular complexity index is 242. The number of ether oxygens (including phenoxy) is 1. The van der Waals surface area contributed by atoms with Gasteiger partial charge < -0.3 is 4.74 Å². The summed E-state index contributed by atoms with van der Waals surface area (Å²) in [7, 11) is 0. The molecule has 14 heavy (non-hydrogen) atoms. The van der Waals surface area contributed by atoms with Gasteiger partial charge in [-0.1, -0.05) is 0 Å². The van der Waals surface area contributed by atoms with E-state index in [9.17, 15) is 0 Å². The van der Waals surface area contributed by atoms with Gasteiger partial charge in [-0.3, -0.25) is 4.99 Å². The first-order chi connectivity index (χ1) is 6.86. The fourth-order valence-electron chi connectivity index (χ4n) is 2.20. The summed E-state index contributed by atoms with van der Waals surface area (Å²) < 4.78 is 5.37. The van der Waals surface area contributed by atoms with Crippen molar-refractivity contribution < 1.29 is 4.74 Å². The summed E-state index contributed by atoms with van der Waals surface area (Å²) >= 11 is 0. The van der Waals surface area contributed by atoms with Gasteiger partial charge in [0.1, 0.15) is 5.84 Å². The second-order valence-electron chi connectivity index (χ2n) is 4.11. The summed E-state index contributed by atoms with van der Waals surface area (Å²) in [4.78, 5) is 8.72. The van der Waals surface area contributed by atoms with Crippen LogP contribution in [0.2, 0.25) is 0 Å². The minimum atomic E-state index is 0.625. The van der Waals surface area contributed by atoms with Gasteiger partial charge in [-0.05, 0) is 38.0 Å². The highest BCUT2D eigenvalue weighted by Crippen LogP contribution is 2.25. The maximum atomic E-state index is 5.37. The quantitative estimate of drug-likeness (QED) is 0.628. The van der Waals surface area contributed by atoms with Crippen molar-refractivity contribution in [1.29, 1.82) is 0 Å². The minimum absolute atomic E-state index is 0.625. The predicted molar refractivity (Wildman–Crippen MR) is 58.1 cm³/mol. The molecule has 1 fully saturated rings. The summed E-state index contributed by atoms with van der Waals surface area (Å²) in [5, 5.41) is 0. The van der Waals surface area contributed by atoms with Crippen molar-refractivity contribution in [2.75, 3.05) is 19.8 Å². The minimum Gasteiger partial charge on any atom is -0.381 e. The summed E-state index contributed by atoms with van der Waals surface area (Å²) in [5.41, 5.74) is 0. The average Bonchev–Trinajstić information content (AvgIpc) is 2.44. The summed E-state index contributed by atoms with van der Waals surface area (Å²) in [6.07, 6.45) is 5.65. The number of hydrogen-bond acceptors (Lipinski definition) is 3. The number of hydrogen-bond donors (Lipinski definition) is 0. The highest BCUT2D eigenvalue weighted by Gasteiger charge is 2.23. The van der Waals surface area contributed by atoms with E-state index < -0.39 is 0 Å². The zero-order valence-electron chi connectivity index (χ0n) is 8.78. The van der Waals surface area contributed by atoms with Crippen molar-refractivity contribution in [2.24, 2.45) is 21.8 Å². The molecule has 0 radical (unpaired) electrons. The Balaban J connectivity index is 1.94. The van der Waals surface area contributed by atoms with Crippen LogP contribution in [0.1, 0.15) is 26.2 Å². The molecule has 0 saturated carbocycles. The highest BCUT2D eigenvalue weighted by atomic mass is 16.5. The third-order valence-electron chi connectivity index (χ3n) is 3.13. The lowest BCUT2D eigenvalue weighted by Gasteiger charge is -2.27. The molecule has 1 unspecified atom stereocenters. The van der Waals surface area contributed by atoms with Crippen molar-refractivity contribution >= 4 is 12.1 Å². The first-order valence-electron chi connectivity index (χ1n) is 5.49. The third-order valence-corrected chi connectivity index (χ3v) is 3.13. The molecular weight excluding hydrogens is 176 g/mol. The van der Waals surface area contributed by atoms with Crippen LogP contribution in [0.5, 0.6) is 0 Å². The zero-order chi connectivity index (χ0) is 9.80. The highest BCUT2D eigenvalue weighted by molar-refractivity contribution is 5.88. The van der Waals surface area contributed by atoms with Crippen molar-refractivity contribution in [3.63, 3.8) is 0 Å². The van der Waals surface area contributed by atoms with Gasteiger partial charge in [0.05, 0.1) is 0 Å². The van der Waals surface area contributed by atoms with Crippen LogP contribution < -0.4 is 0 Å². The largest absolute Gasteiger partial charge is 0.381 e. The number of nitrogens with zero attached hydrogens (tertiary/aromatic N) is 2. The van der Waals surface area contributed by atoms with Crippen LogP contribution in [0, 0.1) is 11.8 Å². The van der Waals surface area contributed by atoms with E-state index in [1.54, 1.807) is 0 Å². The van der Waals surface area contributed by atoms with Crippen LogP contribution in [0.15, 0.2) is 9.98 Å². The maximum absolute atomic E-state index is 5.37. The van der Waals surface area contributed by atoms with E-state index in [0.717, 1.165) is 37.9 Å². The Hall–Kier alpha value is -0.700. The van der Waals surface area contributed by atoms with Crippen molar-refractivity contribution in [2.45, 2.75) is 26.2 Å². The van der Waals surface area contributed by atoms with Gasteiger partial charge >= 0.3 is 0 Å². The summed E-state index contributed by atoms with van der Waals surface area (Å²) in [5.74, 6) is 2.33.